The molecule has 1 aromatic carbocycles. The SMILES string of the molecule is O=C(Nc1cnc(-c2ccccc2)nc1)N1CCCC2(CCS(=O)(=O)C2)C1. The molecule has 2 aliphatic rings. The van der Waals surface area contributed by atoms with Gasteiger partial charge in [0.05, 0.1) is 29.6 Å². The summed E-state index contributed by atoms with van der Waals surface area (Å²) in [5.41, 5.74) is 1.16. The van der Waals surface area contributed by atoms with Crippen molar-refractivity contribution >= 4 is 21.6 Å². The number of hydrogen-bond donors (Lipinski definition) is 1. The minimum atomic E-state index is -2.97. The van der Waals surface area contributed by atoms with Crippen molar-refractivity contribution in [3.63, 3.8) is 0 Å². The summed E-state index contributed by atoms with van der Waals surface area (Å²) in [5, 5.41) is 2.83. The van der Waals surface area contributed by atoms with Crippen LogP contribution >= 0.6 is 0 Å². The van der Waals surface area contributed by atoms with Crippen molar-refractivity contribution in [2.24, 2.45) is 5.41 Å². The molecule has 3 heterocycles. The number of hydrogen-bond acceptors (Lipinski definition) is 5. The zero-order valence-electron chi connectivity index (χ0n) is 15.0. The molecule has 7 nitrogen and oxygen atoms in total. The maximum atomic E-state index is 12.6. The Morgan fingerprint density at radius 3 is 2.52 bits per heavy atom. The van der Waals surface area contributed by atoms with Gasteiger partial charge in [-0.2, -0.15) is 0 Å². The van der Waals surface area contributed by atoms with E-state index in [1.165, 1.54) is 0 Å². The second kappa shape index (κ2) is 6.92. The Morgan fingerprint density at radius 2 is 1.85 bits per heavy atom. The van der Waals surface area contributed by atoms with Crippen LogP contribution in [0, 0.1) is 5.41 Å². The Kier molecular flexibility index (Phi) is 4.59. The fourth-order valence-corrected chi connectivity index (χ4v) is 6.22. The number of likely N-dealkylation sites (tertiary alicyclic amines) is 1. The molecule has 0 radical (unpaired) electrons. The molecule has 1 N–H and O–H groups in total. The van der Waals surface area contributed by atoms with E-state index in [0.29, 0.717) is 31.0 Å². The summed E-state index contributed by atoms with van der Waals surface area (Å²) in [6.07, 6.45) is 5.52. The number of amides is 2. The van der Waals surface area contributed by atoms with Crippen molar-refractivity contribution in [1.29, 1.82) is 0 Å². The van der Waals surface area contributed by atoms with Crippen molar-refractivity contribution in [1.82, 2.24) is 14.9 Å². The van der Waals surface area contributed by atoms with E-state index in [9.17, 15) is 13.2 Å². The number of aromatic nitrogens is 2. The molecule has 4 rings (SSSR count). The number of carbonyl (C=O) groups excluding carboxylic acids is 1. The fourth-order valence-electron chi connectivity index (χ4n) is 4.02. The first-order valence-corrected chi connectivity index (χ1v) is 10.9. The van der Waals surface area contributed by atoms with E-state index in [2.05, 4.69) is 15.3 Å². The molecule has 142 valence electrons. The van der Waals surface area contributed by atoms with Crippen LogP contribution in [-0.2, 0) is 9.84 Å². The van der Waals surface area contributed by atoms with E-state index >= 15 is 0 Å². The summed E-state index contributed by atoms with van der Waals surface area (Å²) in [6, 6.07) is 9.40. The molecule has 1 aromatic heterocycles. The molecule has 8 heteroatoms. The standard InChI is InChI=1S/C19H22N4O3S/c24-18(23-9-4-7-19(13-23)8-10-27(25,26)14-19)22-16-11-20-17(21-12-16)15-5-2-1-3-6-15/h1-3,5-6,11-12H,4,7-10,13-14H2,(H,22,24). The summed E-state index contributed by atoms with van der Waals surface area (Å²) in [4.78, 5) is 23.0. The number of carbonyl (C=O) groups is 1. The quantitative estimate of drug-likeness (QED) is 0.856. The normalized spacial score (nSPS) is 24.1. The van der Waals surface area contributed by atoms with Crippen LogP contribution in [0.2, 0.25) is 0 Å². The molecule has 1 spiro atoms. The maximum Gasteiger partial charge on any atom is 0.321 e. The number of piperidine rings is 1. The van der Waals surface area contributed by atoms with Crippen LogP contribution < -0.4 is 5.32 Å². The van der Waals surface area contributed by atoms with E-state index in [4.69, 9.17) is 0 Å². The predicted molar refractivity (Wildman–Crippen MR) is 103 cm³/mol. The summed E-state index contributed by atoms with van der Waals surface area (Å²) >= 11 is 0. The van der Waals surface area contributed by atoms with Gasteiger partial charge in [0.2, 0.25) is 0 Å². The molecule has 0 aliphatic carbocycles. The molecule has 0 bridgehead atoms. The monoisotopic (exact) mass is 386 g/mol. The molecule has 2 fully saturated rings. The highest BCUT2D eigenvalue weighted by molar-refractivity contribution is 7.91. The van der Waals surface area contributed by atoms with Gasteiger partial charge in [0.1, 0.15) is 0 Å². The third kappa shape index (κ3) is 3.95. The first-order chi connectivity index (χ1) is 12.9. The smallest absolute Gasteiger partial charge is 0.321 e. The van der Waals surface area contributed by atoms with Crippen LogP contribution in [-0.4, -0.2) is 53.9 Å². The molecule has 2 saturated heterocycles. The lowest BCUT2D eigenvalue weighted by Crippen LogP contribution is -2.48. The second-order valence-corrected chi connectivity index (χ2v) is 9.64. The average Bonchev–Trinajstić information content (AvgIpc) is 2.97. The molecule has 1 atom stereocenters. The van der Waals surface area contributed by atoms with Gasteiger partial charge in [0.25, 0.3) is 0 Å². The Bertz CT molecular complexity index is 931. The van der Waals surface area contributed by atoms with E-state index in [1.807, 2.05) is 30.3 Å². The van der Waals surface area contributed by atoms with Crippen LogP contribution in [0.3, 0.4) is 0 Å². The van der Waals surface area contributed by atoms with Gasteiger partial charge in [0, 0.05) is 24.1 Å². The maximum absolute atomic E-state index is 12.6. The minimum absolute atomic E-state index is 0.193. The molecule has 2 aliphatic heterocycles. The Hall–Kier alpha value is -2.48. The molecular weight excluding hydrogens is 364 g/mol. The van der Waals surface area contributed by atoms with E-state index in [-0.39, 0.29) is 23.0 Å². The Balaban J connectivity index is 1.42. The number of nitrogens with one attached hydrogen (secondary N) is 1. The third-order valence-electron chi connectivity index (χ3n) is 5.35. The van der Waals surface area contributed by atoms with E-state index < -0.39 is 9.84 Å². The van der Waals surface area contributed by atoms with Crippen LogP contribution in [0.15, 0.2) is 42.7 Å². The number of urea groups is 1. The zero-order chi connectivity index (χ0) is 18.9. The lowest BCUT2D eigenvalue weighted by molar-refractivity contribution is 0.130. The lowest BCUT2D eigenvalue weighted by atomic mass is 9.80. The van der Waals surface area contributed by atoms with Gasteiger partial charge in [-0.25, -0.2) is 23.2 Å². The zero-order valence-corrected chi connectivity index (χ0v) is 15.8. The molecular formula is C19H22N4O3S. The summed E-state index contributed by atoms with van der Waals surface area (Å²) in [5.74, 6) is 1.03. The fraction of sp³-hybridized carbons (Fsp3) is 0.421. The van der Waals surface area contributed by atoms with Crippen LogP contribution in [0.25, 0.3) is 11.4 Å². The lowest BCUT2D eigenvalue weighted by Gasteiger charge is -2.39. The van der Waals surface area contributed by atoms with Crippen molar-refractivity contribution in [3.8, 4) is 11.4 Å². The van der Waals surface area contributed by atoms with E-state index in [0.717, 1.165) is 18.4 Å². The van der Waals surface area contributed by atoms with Gasteiger partial charge in [-0.15, -0.1) is 0 Å². The van der Waals surface area contributed by atoms with Gasteiger partial charge < -0.3 is 10.2 Å². The van der Waals surface area contributed by atoms with Crippen molar-refractivity contribution in [3.05, 3.63) is 42.7 Å². The summed E-state index contributed by atoms with van der Waals surface area (Å²) in [6.45, 7) is 1.12. The van der Waals surface area contributed by atoms with Crippen LogP contribution in [0.4, 0.5) is 10.5 Å². The van der Waals surface area contributed by atoms with Crippen molar-refractivity contribution < 1.29 is 13.2 Å². The summed E-state index contributed by atoms with van der Waals surface area (Å²) < 4.78 is 23.8. The van der Waals surface area contributed by atoms with E-state index in [1.54, 1.807) is 17.3 Å². The van der Waals surface area contributed by atoms with Crippen LogP contribution in [0.5, 0.6) is 0 Å². The Morgan fingerprint density at radius 1 is 1.11 bits per heavy atom. The van der Waals surface area contributed by atoms with Crippen LogP contribution in [0.1, 0.15) is 19.3 Å². The number of sulfone groups is 1. The minimum Gasteiger partial charge on any atom is -0.324 e. The molecule has 2 aromatic rings. The number of rotatable bonds is 2. The van der Waals surface area contributed by atoms with Gasteiger partial charge in [-0.3, -0.25) is 0 Å². The first-order valence-electron chi connectivity index (χ1n) is 9.09. The first kappa shape index (κ1) is 17.9. The Labute approximate surface area is 158 Å². The molecule has 27 heavy (non-hydrogen) atoms. The topological polar surface area (TPSA) is 92.3 Å². The van der Waals surface area contributed by atoms with Gasteiger partial charge >= 0.3 is 6.03 Å². The summed E-state index contributed by atoms with van der Waals surface area (Å²) in [7, 11) is -2.97. The molecule has 0 saturated carbocycles. The second-order valence-electron chi connectivity index (χ2n) is 7.46. The van der Waals surface area contributed by atoms with Crippen molar-refractivity contribution in [2.75, 3.05) is 29.9 Å². The predicted octanol–water partition coefficient (Wildman–Crippen LogP) is 2.58. The largest absolute Gasteiger partial charge is 0.324 e. The highest BCUT2D eigenvalue weighted by Crippen LogP contribution is 2.40. The highest BCUT2D eigenvalue weighted by Gasteiger charge is 2.45. The van der Waals surface area contributed by atoms with Gasteiger partial charge in [-0.1, -0.05) is 30.3 Å². The third-order valence-corrected chi connectivity index (χ3v) is 7.23. The molecule has 1 unspecified atom stereocenters. The van der Waals surface area contributed by atoms with Gasteiger partial charge in [-0.05, 0) is 19.3 Å². The highest BCUT2D eigenvalue weighted by atomic mass is 32.2. The average molecular weight is 386 g/mol. The van der Waals surface area contributed by atoms with Gasteiger partial charge in [0.15, 0.2) is 15.7 Å². The van der Waals surface area contributed by atoms with Crippen molar-refractivity contribution in [2.45, 2.75) is 19.3 Å². The molecule has 2 amide bonds. The number of nitrogens with zero attached hydrogens (tertiary/aromatic N) is 3. The number of benzene rings is 1. The number of anilines is 1.